The highest BCUT2D eigenvalue weighted by molar-refractivity contribution is 7.22. The smallest absolute Gasteiger partial charge is 0.480 e. The number of alkyl halides is 3. The second kappa shape index (κ2) is 33.4. The Labute approximate surface area is 512 Å². The number of halogens is 3. The second-order valence-corrected chi connectivity index (χ2v) is 21.9. The summed E-state index contributed by atoms with van der Waals surface area (Å²) in [6.07, 6.45) is 0.607. The van der Waals surface area contributed by atoms with E-state index in [2.05, 4.69) is 72.2 Å². The Morgan fingerprint density at radius 3 is 2.16 bits per heavy atom. The first-order valence-corrected chi connectivity index (χ1v) is 29.4. The molecule has 478 valence electrons. The minimum Gasteiger partial charge on any atom is -0.480 e. The van der Waals surface area contributed by atoms with Crippen molar-refractivity contribution >= 4 is 96.8 Å². The number of carbonyl (C=O) groups excluding carboxylic acids is 8. The molecule has 1 aliphatic rings. The van der Waals surface area contributed by atoms with Crippen LogP contribution in [0.15, 0.2) is 96.5 Å². The molecule has 0 bridgehead atoms. The van der Waals surface area contributed by atoms with Gasteiger partial charge in [-0.05, 0) is 67.9 Å². The summed E-state index contributed by atoms with van der Waals surface area (Å²) in [7, 11) is 0. The van der Waals surface area contributed by atoms with E-state index >= 15 is 0 Å². The molecule has 27 nitrogen and oxygen atoms in total. The van der Waals surface area contributed by atoms with Gasteiger partial charge in [0.25, 0.3) is 0 Å². The quantitative estimate of drug-likeness (QED) is 0.0333. The number of aliphatic carboxylic acids is 1. The molecular weight excluding hydrogens is 1190 g/mol. The van der Waals surface area contributed by atoms with Gasteiger partial charge in [0.05, 0.1) is 23.0 Å². The number of imidazole rings is 1. The van der Waals surface area contributed by atoms with Crippen molar-refractivity contribution in [2.45, 2.75) is 140 Å². The van der Waals surface area contributed by atoms with Crippen molar-refractivity contribution in [3.05, 3.63) is 108 Å². The number of thiazole rings is 1. The molecule has 7 rings (SSSR count). The second-order valence-electron chi connectivity index (χ2n) is 20.9. The lowest BCUT2D eigenvalue weighted by molar-refractivity contribution is -0.274. The first kappa shape index (κ1) is 68.3. The molecule has 4 heterocycles. The molecule has 31 heteroatoms. The average Bonchev–Trinajstić information content (AvgIpc) is 2.66. The number of hydrogen-bond donors (Lipinski definition) is 14. The number of aliphatic imine (C=N–C) groups is 1. The lowest BCUT2D eigenvalue weighted by Crippen LogP contribution is -2.61. The molecule has 0 radical (unpaired) electrons. The van der Waals surface area contributed by atoms with Crippen LogP contribution in [0.1, 0.15) is 88.5 Å². The van der Waals surface area contributed by atoms with Crippen molar-refractivity contribution in [2.24, 2.45) is 16.5 Å². The maximum atomic E-state index is 14.7. The predicted molar refractivity (Wildman–Crippen MR) is 323 cm³/mol. The largest absolute Gasteiger partial charge is 0.573 e. The van der Waals surface area contributed by atoms with Crippen molar-refractivity contribution in [2.75, 3.05) is 18.8 Å². The molecule has 0 saturated carbocycles. The molecule has 0 aliphatic carbocycles. The number of carboxylic acid groups (broad SMARTS) is 1. The fourth-order valence-corrected chi connectivity index (χ4v) is 10.3. The van der Waals surface area contributed by atoms with Gasteiger partial charge in [-0.25, -0.2) is 14.8 Å². The van der Waals surface area contributed by atoms with Crippen molar-refractivity contribution in [1.29, 1.82) is 0 Å². The molecule has 7 atom stereocenters. The standard InChI is InChI=1S/C50H68N14O10.C8H5F3N2OS/c1-3-4-16-35(58-29(2)65)43(67)64-41-25-42(66)54-20-11-10-18-37(49(73)74)60-46(70)39(23-31-26-56-34-17-9-8-15-33(31)34)62-44(68)36(19-12-21-55-50(51)52)59-45(69)38(22-30-13-6-5-7-14-30)61-47(71)40(63-48(41)72)24-32-27-53-28-57-32;9-8(10,11)14-4-1-2-5-6(3-4)15-7(12)13-5/h5-9,13-15,17,26-28,35-41,56H,3-4,10-12,16,18-25H2,1-2H3,(H,53,57)(H,54,66)(H,58,65)(H,59,69)(H,60,70)(H,61,71)(H,62,68)(H,63,72)(H,64,67)(H,73,74)(H4,51,52,55);1-3H,(H2,12,13)/t35-,36-,37-,38+,39-,40-,41-;/m0./s1. The van der Waals surface area contributed by atoms with Gasteiger partial charge in [-0.1, -0.05) is 79.6 Å². The fraction of sp³-hybridized carbons (Fsp3) is 0.414. The number of unbranched alkanes of at least 4 members (excludes halogenated alkanes) is 1. The number of benzene rings is 3. The molecule has 1 saturated heterocycles. The van der Waals surface area contributed by atoms with Gasteiger partial charge < -0.3 is 79.5 Å². The van der Waals surface area contributed by atoms with Crippen LogP contribution in [-0.4, -0.2) is 146 Å². The number of aromatic nitrogens is 4. The van der Waals surface area contributed by atoms with Gasteiger partial charge in [-0.2, -0.15) is 0 Å². The number of nitrogens with zero attached hydrogens (tertiary/aromatic N) is 3. The highest BCUT2D eigenvalue weighted by atomic mass is 32.1. The van der Waals surface area contributed by atoms with E-state index in [4.69, 9.17) is 17.2 Å². The molecule has 89 heavy (non-hydrogen) atoms. The maximum Gasteiger partial charge on any atom is 0.573 e. The van der Waals surface area contributed by atoms with Gasteiger partial charge in [0.1, 0.15) is 48.0 Å². The highest BCUT2D eigenvalue weighted by Crippen LogP contribution is 2.30. The number of aromatic amines is 2. The number of anilines is 1. The Morgan fingerprint density at radius 2 is 1.48 bits per heavy atom. The number of rotatable bonds is 18. The van der Waals surface area contributed by atoms with Crippen LogP contribution >= 0.6 is 11.3 Å². The van der Waals surface area contributed by atoms with E-state index < -0.39 is 108 Å². The van der Waals surface area contributed by atoms with E-state index in [0.29, 0.717) is 45.0 Å². The third-order valence-electron chi connectivity index (χ3n) is 13.9. The Kier molecular flexibility index (Phi) is 25.6. The molecule has 1 fully saturated rings. The summed E-state index contributed by atoms with van der Waals surface area (Å²) in [4.78, 5) is 143. The van der Waals surface area contributed by atoms with Gasteiger partial charge in [0.2, 0.25) is 47.3 Å². The first-order chi connectivity index (χ1) is 42.4. The third-order valence-corrected chi connectivity index (χ3v) is 14.7. The van der Waals surface area contributed by atoms with Crippen LogP contribution in [-0.2, 0) is 62.4 Å². The van der Waals surface area contributed by atoms with Gasteiger partial charge in [-0.3, -0.25) is 43.3 Å². The maximum absolute atomic E-state index is 14.7. The number of nitrogens with two attached hydrogens (primary N) is 3. The number of amides is 8. The zero-order valence-corrected chi connectivity index (χ0v) is 49.6. The summed E-state index contributed by atoms with van der Waals surface area (Å²) in [6.45, 7) is 3.19. The summed E-state index contributed by atoms with van der Waals surface area (Å²) in [5.74, 6) is -8.07. The molecule has 8 amide bonds. The van der Waals surface area contributed by atoms with Gasteiger partial charge in [-0.15, -0.1) is 13.2 Å². The summed E-state index contributed by atoms with van der Waals surface area (Å²) < 4.78 is 40.0. The van der Waals surface area contributed by atoms with E-state index in [0.717, 1.165) is 22.2 Å². The van der Waals surface area contributed by atoms with Crippen LogP contribution in [0.5, 0.6) is 5.75 Å². The number of ether oxygens (including phenoxy) is 1. The van der Waals surface area contributed by atoms with Crippen molar-refractivity contribution in [3.63, 3.8) is 0 Å². The molecule has 17 N–H and O–H groups in total. The molecule has 3 aromatic heterocycles. The number of para-hydroxylation sites is 1. The number of guanidine groups is 1. The van der Waals surface area contributed by atoms with Crippen LogP contribution in [0.4, 0.5) is 18.3 Å². The van der Waals surface area contributed by atoms with Crippen LogP contribution in [0.25, 0.3) is 21.1 Å². The van der Waals surface area contributed by atoms with Crippen LogP contribution in [0.3, 0.4) is 0 Å². The molecule has 1 aliphatic heterocycles. The third kappa shape index (κ3) is 22.4. The fourth-order valence-electron chi connectivity index (χ4n) is 9.49. The number of carbonyl (C=O) groups is 9. The average molecular weight is 1260 g/mol. The Bertz CT molecular complexity index is 3420. The monoisotopic (exact) mass is 1260 g/mol. The van der Waals surface area contributed by atoms with Crippen LogP contribution in [0, 0.1) is 0 Å². The van der Waals surface area contributed by atoms with Crippen molar-refractivity contribution in [1.82, 2.24) is 62.5 Å². The van der Waals surface area contributed by atoms with E-state index in [1.165, 1.54) is 37.6 Å². The zero-order chi connectivity index (χ0) is 64.6. The SMILES string of the molecule is CCCC[C@H](NC(C)=O)C(=O)N[C@H]1CC(=O)NCCCC[C@@H](C(=O)O)NC(=O)[C@H](Cc2c[nH]c3ccccc23)NC(=O)[C@H](CCCN=C(N)N)NC(=O)[C@@H](Cc2ccccc2)NC(=O)[C@H](Cc2cnc[nH]2)NC1=O.Nc1nc2ccc(OC(F)(F)F)cc2s1. The van der Waals surface area contributed by atoms with Crippen molar-refractivity contribution in [3.8, 4) is 5.75 Å². The topological polar surface area (TPSA) is 427 Å². The lowest BCUT2D eigenvalue weighted by atomic mass is 10.0. The Hall–Kier alpha value is -9.81. The lowest BCUT2D eigenvalue weighted by Gasteiger charge is -2.28. The summed E-state index contributed by atoms with van der Waals surface area (Å²) in [5.41, 5.74) is 19.5. The minimum atomic E-state index is -4.68. The van der Waals surface area contributed by atoms with E-state index in [1.54, 1.807) is 42.6 Å². The van der Waals surface area contributed by atoms with Gasteiger partial charge in [0, 0.05) is 74.3 Å². The number of H-pyrrole nitrogens is 2. The van der Waals surface area contributed by atoms with Crippen LogP contribution in [0.2, 0.25) is 0 Å². The Balaban J connectivity index is 0.000000727. The number of nitrogen functional groups attached to an aromatic ring is 1. The first-order valence-electron chi connectivity index (χ1n) is 28.6. The summed E-state index contributed by atoms with van der Waals surface area (Å²) in [6, 6.07) is 10.1. The normalized spacial score (nSPS) is 19.7. The summed E-state index contributed by atoms with van der Waals surface area (Å²) >= 11 is 1.11. The predicted octanol–water partition coefficient (Wildman–Crippen LogP) is 2.13. The minimum absolute atomic E-state index is 0.00489. The molecule has 6 aromatic rings. The Morgan fingerprint density at radius 1 is 0.820 bits per heavy atom. The molecule has 3 aromatic carbocycles. The van der Waals surface area contributed by atoms with Gasteiger partial charge >= 0.3 is 12.3 Å². The number of fused-ring (bicyclic) bond motifs is 2. The number of carboxylic acids is 1. The highest BCUT2D eigenvalue weighted by Gasteiger charge is 2.36. The van der Waals surface area contributed by atoms with E-state index in [-0.39, 0.29) is 82.6 Å². The van der Waals surface area contributed by atoms with E-state index in [1.807, 2.05) is 25.1 Å². The molecule has 0 unspecified atom stereocenters. The number of hydrogen-bond acceptors (Lipinski definition) is 15. The van der Waals surface area contributed by atoms with Gasteiger partial charge in [0.15, 0.2) is 11.1 Å². The van der Waals surface area contributed by atoms with Crippen LogP contribution < -0.4 is 64.5 Å². The molecular formula is C58H73F3N16O11S. The zero-order valence-electron chi connectivity index (χ0n) is 48.7. The van der Waals surface area contributed by atoms with Crippen molar-refractivity contribution < 1.29 is 66.2 Å². The summed E-state index contributed by atoms with van der Waals surface area (Å²) in [5, 5.41) is 32.6. The molecule has 0 spiro atoms. The van der Waals surface area contributed by atoms with E-state index in [9.17, 15) is 61.4 Å². The number of nitrogens with one attached hydrogen (secondary N) is 10.